The van der Waals surface area contributed by atoms with Crippen LogP contribution in [-0.4, -0.2) is 50.9 Å². The Bertz CT molecular complexity index is 1460. The van der Waals surface area contributed by atoms with E-state index in [4.69, 9.17) is 16.3 Å². The molecule has 2 atom stereocenters. The van der Waals surface area contributed by atoms with Crippen molar-refractivity contribution in [2.45, 2.75) is 64.6 Å². The number of halogens is 1. The molecule has 0 aliphatic rings. The van der Waals surface area contributed by atoms with Gasteiger partial charge in [-0.15, -0.1) is 0 Å². The van der Waals surface area contributed by atoms with Gasteiger partial charge in [0.15, 0.2) is 0 Å². The molecule has 0 fully saturated rings. The molecule has 3 aromatic rings. The van der Waals surface area contributed by atoms with E-state index in [0.29, 0.717) is 10.8 Å². The minimum Gasteiger partial charge on any atom is -0.497 e. The van der Waals surface area contributed by atoms with E-state index in [1.807, 2.05) is 27.7 Å². The summed E-state index contributed by atoms with van der Waals surface area (Å²) >= 11 is 6.38. The average molecular weight is 600 g/mol. The third-order valence-electron chi connectivity index (χ3n) is 7.01. The molecule has 0 spiro atoms. The first-order valence-electron chi connectivity index (χ1n) is 13.5. The number of hydrogen-bond acceptors (Lipinski definition) is 5. The van der Waals surface area contributed by atoms with Gasteiger partial charge >= 0.3 is 0 Å². The van der Waals surface area contributed by atoms with Crippen LogP contribution in [0.1, 0.15) is 43.9 Å². The number of hydrogen-bond donors (Lipinski definition) is 1. The molecule has 1 N–H and O–H groups in total. The lowest BCUT2D eigenvalue weighted by Crippen LogP contribution is -2.52. The van der Waals surface area contributed by atoms with Gasteiger partial charge in [-0.2, -0.15) is 0 Å². The van der Waals surface area contributed by atoms with Gasteiger partial charge in [-0.3, -0.25) is 13.9 Å². The number of anilines is 1. The average Bonchev–Trinajstić information content (AvgIpc) is 2.96. The highest BCUT2D eigenvalue weighted by molar-refractivity contribution is 7.92. The zero-order valence-corrected chi connectivity index (χ0v) is 25.9. The van der Waals surface area contributed by atoms with Gasteiger partial charge in [-0.05, 0) is 81.6 Å². The third kappa shape index (κ3) is 8.01. The smallest absolute Gasteiger partial charge is 0.264 e. The van der Waals surface area contributed by atoms with Gasteiger partial charge in [-0.1, -0.05) is 54.4 Å². The monoisotopic (exact) mass is 599 g/mol. The standard InChI is InChI=1S/C31H38ClN3O5S/c1-7-23(4)33-31(37)24(5)34(19-25-11-14-27(40-6)15-12-25)30(36)20-35(26-13-10-22(3)29(32)18-26)41(38,39)28-16-8-21(2)9-17-28/h8-18,23-24H,7,19-20H2,1-6H3,(H,33,37). The summed E-state index contributed by atoms with van der Waals surface area (Å²) in [6.07, 6.45) is 0.724. The Morgan fingerprint density at radius 3 is 2.17 bits per heavy atom. The number of aryl methyl sites for hydroxylation is 2. The Balaban J connectivity index is 2.04. The number of sulfonamides is 1. The third-order valence-corrected chi connectivity index (χ3v) is 9.21. The Labute approximate surface area is 248 Å². The summed E-state index contributed by atoms with van der Waals surface area (Å²) in [6, 6.07) is 17.5. The highest BCUT2D eigenvalue weighted by Gasteiger charge is 2.33. The minimum atomic E-state index is -4.17. The van der Waals surface area contributed by atoms with Gasteiger partial charge in [0, 0.05) is 17.6 Å². The van der Waals surface area contributed by atoms with Crippen molar-refractivity contribution in [1.29, 1.82) is 0 Å². The van der Waals surface area contributed by atoms with Crippen LogP contribution < -0.4 is 14.4 Å². The summed E-state index contributed by atoms with van der Waals surface area (Å²) in [5.41, 5.74) is 2.67. The summed E-state index contributed by atoms with van der Waals surface area (Å²) in [7, 11) is -2.61. The summed E-state index contributed by atoms with van der Waals surface area (Å²) in [5, 5.41) is 3.30. The molecule has 0 aliphatic carbocycles. The second kappa shape index (κ2) is 13.9. The van der Waals surface area contributed by atoms with E-state index in [-0.39, 0.29) is 29.1 Å². The van der Waals surface area contributed by atoms with Gasteiger partial charge in [0.2, 0.25) is 11.8 Å². The maximum atomic E-state index is 14.0. The predicted molar refractivity (Wildman–Crippen MR) is 163 cm³/mol. The Morgan fingerprint density at radius 2 is 1.61 bits per heavy atom. The molecule has 0 heterocycles. The van der Waals surface area contributed by atoms with Crippen LogP contribution in [0.4, 0.5) is 5.69 Å². The molecule has 8 nitrogen and oxygen atoms in total. The zero-order chi connectivity index (χ0) is 30.3. The summed E-state index contributed by atoms with van der Waals surface area (Å²) in [5.74, 6) is -0.214. The molecule has 220 valence electrons. The highest BCUT2D eigenvalue weighted by Crippen LogP contribution is 2.29. The molecule has 2 unspecified atom stereocenters. The molecule has 0 radical (unpaired) electrons. The number of methoxy groups -OCH3 is 1. The first-order chi connectivity index (χ1) is 19.4. The predicted octanol–water partition coefficient (Wildman–Crippen LogP) is 5.49. The maximum absolute atomic E-state index is 14.0. The molecule has 0 saturated heterocycles. The zero-order valence-electron chi connectivity index (χ0n) is 24.3. The van der Waals surface area contributed by atoms with Crippen molar-refractivity contribution in [1.82, 2.24) is 10.2 Å². The molecule has 10 heteroatoms. The van der Waals surface area contributed by atoms with Crippen molar-refractivity contribution < 1.29 is 22.7 Å². The fourth-order valence-corrected chi connectivity index (χ4v) is 5.66. The molecule has 0 saturated carbocycles. The summed E-state index contributed by atoms with van der Waals surface area (Å²) in [4.78, 5) is 28.6. The number of carbonyl (C=O) groups is 2. The van der Waals surface area contributed by atoms with Crippen molar-refractivity contribution in [3.8, 4) is 5.75 Å². The SMILES string of the molecule is CCC(C)NC(=O)C(C)N(Cc1ccc(OC)cc1)C(=O)CN(c1ccc(C)c(Cl)c1)S(=O)(=O)c1ccc(C)cc1. The number of amides is 2. The number of nitrogens with zero attached hydrogens (tertiary/aromatic N) is 2. The van der Waals surface area contributed by atoms with Crippen molar-refractivity contribution in [2.24, 2.45) is 0 Å². The molecule has 0 aliphatic heterocycles. The van der Waals surface area contributed by atoms with Gasteiger partial charge in [0.25, 0.3) is 10.0 Å². The lowest BCUT2D eigenvalue weighted by molar-refractivity contribution is -0.139. The van der Waals surface area contributed by atoms with Crippen molar-refractivity contribution in [2.75, 3.05) is 18.0 Å². The van der Waals surface area contributed by atoms with Crippen LogP contribution in [0, 0.1) is 13.8 Å². The number of carbonyl (C=O) groups excluding carboxylic acids is 2. The lowest BCUT2D eigenvalue weighted by Gasteiger charge is -2.32. The van der Waals surface area contributed by atoms with E-state index in [2.05, 4.69) is 5.32 Å². The molecule has 0 bridgehead atoms. The normalized spacial score (nSPS) is 12.8. The van der Waals surface area contributed by atoms with E-state index < -0.39 is 28.5 Å². The Kier molecular flexibility index (Phi) is 10.8. The Hall–Kier alpha value is -3.56. The largest absolute Gasteiger partial charge is 0.497 e. The number of ether oxygens (including phenoxy) is 1. The molecular weight excluding hydrogens is 562 g/mol. The van der Waals surface area contributed by atoms with Crippen LogP contribution in [-0.2, 0) is 26.2 Å². The summed E-state index contributed by atoms with van der Waals surface area (Å²) < 4.78 is 34.2. The van der Waals surface area contributed by atoms with Crippen molar-refractivity contribution in [3.63, 3.8) is 0 Å². The highest BCUT2D eigenvalue weighted by atomic mass is 35.5. The number of benzene rings is 3. The topological polar surface area (TPSA) is 96.0 Å². The van der Waals surface area contributed by atoms with Gasteiger partial charge in [0.1, 0.15) is 18.3 Å². The quantitative estimate of drug-likeness (QED) is 0.297. The second-order valence-electron chi connectivity index (χ2n) is 10.1. The first-order valence-corrected chi connectivity index (χ1v) is 15.3. The van der Waals surface area contributed by atoms with Gasteiger partial charge < -0.3 is 15.0 Å². The minimum absolute atomic E-state index is 0.0388. The summed E-state index contributed by atoms with van der Waals surface area (Å²) in [6.45, 7) is 8.71. The molecular formula is C31H38ClN3O5S. The van der Waals surface area contributed by atoms with E-state index in [1.54, 1.807) is 62.6 Å². The van der Waals surface area contributed by atoms with Crippen LogP contribution in [0.15, 0.2) is 71.6 Å². The van der Waals surface area contributed by atoms with E-state index >= 15 is 0 Å². The molecule has 3 rings (SSSR count). The van der Waals surface area contributed by atoms with Crippen LogP contribution >= 0.6 is 11.6 Å². The van der Waals surface area contributed by atoms with Crippen LogP contribution in [0.25, 0.3) is 0 Å². The fourth-order valence-electron chi connectivity index (χ4n) is 4.08. The maximum Gasteiger partial charge on any atom is 0.264 e. The first kappa shape index (κ1) is 32.0. The lowest BCUT2D eigenvalue weighted by atomic mass is 10.1. The Morgan fingerprint density at radius 1 is 0.976 bits per heavy atom. The number of nitrogens with one attached hydrogen (secondary N) is 1. The van der Waals surface area contributed by atoms with E-state index in [1.165, 1.54) is 23.1 Å². The molecule has 41 heavy (non-hydrogen) atoms. The van der Waals surface area contributed by atoms with Crippen molar-refractivity contribution in [3.05, 3.63) is 88.4 Å². The van der Waals surface area contributed by atoms with Crippen LogP contribution in [0.3, 0.4) is 0 Å². The van der Waals surface area contributed by atoms with E-state index in [9.17, 15) is 18.0 Å². The van der Waals surface area contributed by atoms with E-state index in [0.717, 1.165) is 27.4 Å². The second-order valence-corrected chi connectivity index (χ2v) is 12.4. The fraction of sp³-hybridized carbons (Fsp3) is 0.355. The van der Waals surface area contributed by atoms with Crippen molar-refractivity contribution >= 4 is 39.1 Å². The van der Waals surface area contributed by atoms with Crippen LogP contribution in [0.2, 0.25) is 5.02 Å². The van der Waals surface area contributed by atoms with Crippen LogP contribution in [0.5, 0.6) is 5.75 Å². The molecule has 3 aromatic carbocycles. The molecule has 0 aromatic heterocycles. The van der Waals surface area contributed by atoms with Gasteiger partial charge in [-0.25, -0.2) is 8.42 Å². The number of rotatable bonds is 12. The molecule has 2 amide bonds. The van der Waals surface area contributed by atoms with Gasteiger partial charge in [0.05, 0.1) is 17.7 Å².